The summed E-state index contributed by atoms with van der Waals surface area (Å²) in [4.78, 5) is 60.4. The van der Waals surface area contributed by atoms with Gasteiger partial charge in [-0.25, -0.2) is 4.79 Å². The molecule has 0 saturated heterocycles. The van der Waals surface area contributed by atoms with Crippen LogP contribution in [0.15, 0.2) is 24.3 Å². The summed E-state index contributed by atoms with van der Waals surface area (Å²) in [5.74, 6) is -5.84. The van der Waals surface area contributed by atoms with Gasteiger partial charge in [0.15, 0.2) is 0 Å². The van der Waals surface area contributed by atoms with Crippen molar-refractivity contribution in [2.24, 2.45) is 17.6 Å². The second-order valence-corrected chi connectivity index (χ2v) is 8.93. The Bertz CT molecular complexity index is 917. The van der Waals surface area contributed by atoms with Gasteiger partial charge in [0.05, 0.1) is 12.5 Å². The fourth-order valence-electron chi connectivity index (χ4n) is 3.19. The third kappa shape index (κ3) is 9.61. The molecular weight excluding hydrogens is 460 g/mol. The number of amides is 3. The first-order valence-electron chi connectivity index (χ1n) is 11.1. The molecule has 8 N–H and O–H groups in total. The van der Waals surface area contributed by atoms with Crippen molar-refractivity contribution in [3.63, 3.8) is 0 Å². The number of carboxylic acids is 2. The molecule has 0 aliphatic rings. The minimum absolute atomic E-state index is 0.0738. The van der Waals surface area contributed by atoms with Gasteiger partial charge in [0.25, 0.3) is 0 Å². The zero-order valence-electron chi connectivity index (χ0n) is 20.1. The highest BCUT2D eigenvalue weighted by Crippen LogP contribution is 2.12. The van der Waals surface area contributed by atoms with E-state index in [0.29, 0.717) is 5.56 Å². The molecule has 1 rings (SSSR count). The van der Waals surface area contributed by atoms with E-state index in [1.807, 2.05) is 0 Å². The minimum atomic E-state index is -1.67. The summed E-state index contributed by atoms with van der Waals surface area (Å²) in [5, 5.41) is 34.6. The smallest absolute Gasteiger partial charge is 0.326 e. The van der Waals surface area contributed by atoms with Crippen molar-refractivity contribution in [3.8, 4) is 5.75 Å². The van der Waals surface area contributed by atoms with Crippen LogP contribution < -0.4 is 21.7 Å². The molecule has 1 aromatic carbocycles. The van der Waals surface area contributed by atoms with Crippen LogP contribution in [-0.2, 0) is 30.4 Å². The number of carboxylic acid groups (broad SMARTS) is 2. The number of carbonyl (C=O) groups excluding carboxylic acids is 3. The molecule has 12 heteroatoms. The molecule has 194 valence electrons. The molecule has 0 bridgehead atoms. The highest BCUT2D eigenvalue weighted by molar-refractivity contribution is 5.94. The van der Waals surface area contributed by atoms with E-state index in [9.17, 15) is 29.1 Å². The van der Waals surface area contributed by atoms with Crippen LogP contribution in [0.4, 0.5) is 0 Å². The van der Waals surface area contributed by atoms with Gasteiger partial charge < -0.3 is 37.0 Å². The molecule has 12 nitrogen and oxygen atoms in total. The van der Waals surface area contributed by atoms with Crippen LogP contribution in [0.1, 0.15) is 39.7 Å². The summed E-state index contributed by atoms with van der Waals surface area (Å²) in [6.07, 6.45) is -0.668. The maximum atomic E-state index is 13.0. The number of carbonyl (C=O) groups is 5. The van der Waals surface area contributed by atoms with Gasteiger partial charge in [0, 0.05) is 0 Å². The summed E-state index contributed by atoms with van der Waals surface area (Å²) < 4.78 is 0. The molecule has 0 aliphatic carbocycles. The van der Waals surface area contributed by atoms with E-state index in [1.165, 1.54) is 12.1 Å². The van der Waals surface area contributed by atoms with Gasteiger partial charge in [-0.1, -0.05) is 39.8 Å². The van der Waals surface area contributed by atoms with Crippen molar-refractivity contribution in [1.82, 2.24) is 16.0 Å². The van der Waals surface area contributed by atoms with Crippen molar-refractivity contribution < 1.29 is 39.3 Å². The molecule has 0 spiro atoms. The van der Waals surface area contributed by atoms with Crippen LogP contribution in [0.5, 0.6) is 5.75 Å². The Kier molecular flexibility index (Phi) is 11.1. The highest BCUT2D eigenvalue weighted by Gasteiger charge is 2.33. The number of hydrogen-bond acceptors (Lipinski definition) is 7. The molecule has 4 unspecified atom stereocenters. The highest BCUT2D eigenvalue weighted by atomic mass is 16.4. The number of hydrogen-bond donors (Lipinski definition) is 7. The topological polar surface area (TPSA) is 208 Å². The standard InChI is InChI=1S/C23H34N4O8/c1-11(2)18(21(32)25-16(23(34)35)10-17(29)30)27-22(33)19(12(3)4)26-20(31)15(24)9-13-5-7-14(28)8-6-13/h5-8,11-12,15-16,18-19,28H,9-10,24H2,1-4H3,(H,25,32)(H,26,31)(H,27,33)(H,29,30)(H,34,35). The molecule has 1 aromatic rings. The monoisotopic (exact) mass is 494 g/mol. The van der Waals surface area contributed by atoms with Crippen LogP contribution in [0.25, 0.3) is 0 Å². The Labute approximate surface area is 203 Å². The molecule has 0 fully saturated rings. The molecular formula is C23H34N4O8. The third-order valence-corrected chi connectivity index (χ3v) is 5.22. The number of phenolic OH excluding ortho intramolecular Hbond substituents is 1. The number of phenols is 1. The Morgan fingerprint density at radius 1 is 0.800 bits per heavy atom. The molecule has 0 heterocycles. The van der Waals surface area contributed by atoms with E-state index in [4.69, 9.17) is 15.9 Å². The largest absolute Gasteiger partial charge is 0.508 e. The predicted molar refractivity (Wildman–Crippen MR) is 125 cm³/mol. The lowest BCUT2D eigenvalue weighted by atomic mass is 9.98. The molecule has 35 heavy (non-hydrogen) atoms. The van der Waals surface area contributed by atoms with Crippen LogP contribution in [-0.4, -0.2) is 69.1 Å². The quantitative estimate of drug-likeness (QED) is 0.190. The van der Waals surface area contributed by atoms with Crippen molar-refractivity contribution in [2.45, 2.75) is 64.7 Å². The third-order valence-electron chi connectivity index (χ3n) is 5.22. The molecule has 0 saturated carbocycles. The average Bonchev–Trinajstić information content (AvgIpc) is 2.75. The van der Waals surface area contributed by atoms with Gasteiger partial charge in [-0.3, -0.25) is 19.2 Å². The molecule has 0 aromatic heterocycles. The van der Waals surface area contributed by atoms with E-state index in [2.05, 4.69) is 16.0 Å². The second kappa shape index (κ2) is 13.3. The van der Waals surface area contributed by atoms with Crippen molar-refractivity contribution in [1.29, 1.82) is 0 Å². The van der Waals surface area contributed by atoms with Gasteiger partial charge in [-0.05, 0) is 36.0 Å². The lowest BCUT2D eigenvalue weighted by Crippen LogP contribution is -2.59. The SMILES string of the molecule is CC(C)C(NC(=O)C(N)Cc1ccc(O)cc1)C(=O)NC(C(=O)NC(CC(=O)O)C(=O)O)C(C)C. The number of benzene rings is 1. The van der Waals surface area contributed by atoms with Crippen molar-refractivity contribution in [2.75, 3.05) is 0 Å². The van der Waals surface area contributed by atoms with E-state index in [0.717, 1.165) is 0 Å². The van der Waals surface area contributed by atoms with E-state index >= 15 is 0 Å². The zero-order chi connectivity index (χ0) is 26.9. The Hall–Kier alpha value is -3.67. The summed E-state index contributed by atoms with van der Waals surface area (Å²) >= 11 is 0. The van der Waals surface area contributed by atoms with Crippen LogP contribution in [0.2, 0.25) is 0 Å². The number of aromatic hydroxyl groups is 1. The second-order valence-electron chi connectivity index (χ2n) is 8.93. The number of rotatable bonds is 13. The number of nitrogens with one attached hydrogen (secondary N) is 3. The fourth-order valence-corrected chi connectivity index (χ4v) is 3.19. The van der Waals surface area contributed by atoms with Gasteiger partial charge in [0.2, 0.25) is 17.7 Å². The zero-order valence-corrected chi connectivity index (χ0v) is 20.1. The Balaban J connectivity index is 2.89. The Morgan fingerprint density at radius 3 is 1.69 bits per heavy atom. The average molecular weight is 495 g/mol. The maximum Gasteiger partial charge on any atom is 0.326 e. The lowest BCUT2D eigenvalue weighted by Gasteiger charge is -2.28. The van der Waals surface area contributed by atoms with Gasteiger partial charge in [-0.15, -0.1) is 0 Å². The molecule has 0 aliphatic heterocycles. The normalized spacial score (nSPS) is 14.5. The number of aliphatic carboxylic acids is 2. The van der Waals surface area contributed by atoms with Crippen LogP contribution >= 0.6 is 0 Å². The number of nitrogens with two attached hydrogens (primary N) is 1. The van der Waals surface area contributed by atoms with Gasteiger partial charge in [0.1, 0.15) is 23.9 Å². The van der Waals surface area contributed by atoms with Crippen molar-refractivity contribution >= 4 is 29.7 Å². The first-order valence-corrected chi connectivity index (χ1v) is 11.1. The summed E-state index contributed by atoms with van der Waals surface area (Å²) in [6.45, 7) is 6.61. The van der Waals surface area contributed by atoms with Crippen LogP contribution in [0.3, 0.4) is 0 Å². The summed E-state index contributed by atoms with van der Waals surface area (Å²) in [6, 6.07) is 1.30. The van der Waals surface area contributed by atoms with E-state index in [1.54, 1.807) is 39.8 Å². The van der Waals surface area contributed by atoms with Gasteiger partial charge >= 0.3 is 11.9 Å². The summed E-state index contributed by atoms with van der Waals surface area (Å²) in [5.41, 5.74) is 6.69. The minimum Gasteiger partial charge on any atom is -0.508 e. The fraction of sp³-hybridized carbons (Fsp3) is 0.522. The molecule has 3 amide bonds. The first kappa shape index (κ1) is 29.4. The van der Waals surface area contributed by atoms with Crippen LogP contribution in [0, 0.1) is 11.8 Å². The molecule has 4 atom stereocenters. The van der Waals surface area contributed by atoms with Crippen molar-refractivity contribution in [3.05, 3.63) is 29.8 Å². The molecule has 0 radical (unpaired) electrons. The van der Waals surface area contributed by atoms with E-state index < -0.39 is 66.2 Å². The predicted octanol–water partition coefficient (Wildman–Crippen LogP) is -0.412. The summed E-state index contributed by atoms with van der Waals surface area (Å²) in [7, 11) is 0. The first-order chi connectivity index (χ1) is 16.2. The maximum absolute atomic E-state index is 13.0. The Morgan fingerprint density at radius 2 is 1.26 bits per heavy atom. The van der Waals surface area contributed by atoms with E-state index in [-0.39, 0.29) is 18.1 Å². The lowest BCUT2D eigenvalue weighted by molar-refractivity contribution is -0.147. The van der Waals surface area contributed by atoms with Gasteiger partial charge in [-0.2, -0.15) is 0 Å².